The van der Waals surface area contributed by atoms with E-state index in [0.717, 1.165) is 11.1 Å². The number of amides is 1. The van der Waals surface area contributed by atoms with Crippen molar-refractivity contribution in [2.45, 2.75) is 59.0 Å². The first kappa shape index (κ1) is 27.5. The lowest BCUT2D eigenvalue weighted by molar-refractivity contribution is 0.0655. The Balaban J connectivity index is 1.90. The van der Waals surface area contributed by atoms with Crippen molar-refractivity contribution in [2.75, 3.05) is 13.1 Å². The second kappa shape index (κ2) is 11.9. The Morgan fingerprint density at radius 2 is 1.82 bits per heavy atom. The Morgan fingerprint density at radius 3 is 2.42 bits per heavy atom. The van der Waals surface area contributed by atoms with Crippen molar-refractivity contribution in [3.8, 4) is 0 Å². The average molecular weight is 536 g/mol. The summed E-state index contributed by atoms with van der Waals surface area (Å²) < 4.78 is 7.19. The minimum atomic E-state index is -0.493. The van der Waals surface area contributed by atoms with Gasteiger partial charge in [0.1, 0.15) is 16.9 Å². The van der Waals surface area contributed by atoms with Gasteiger partial charge in [0.15, 0.2) is 0 Å². The van der Waals surface area contributed by atoms with E-state index in [2.05, 4.69) is 5.16 Å². The van der Waals surface area contributed by atoms with Gasteiger partial charge in [0.05, 0.1) is 12.6 Å². The highest BCUT2D eigenvalue weighted by atomic mass is 35.5. The first-order chi connectivity index (χ1) is 18.2. The molecule has 0 saturated heterocycles. The summed E-state index contributed by atoms with van der Waals surface area (Å²) in [5.41, 5.74) is 8.87. The molecule has 38 heavy (non-hydrogen) atoms. The number of benzene rings is 2. The van der Waals surface area contributed by atoms with Gasteiger partial charge in [-0.1, -0.05) is 67.4 Å². The molecule has 2 aromatic heterocycles. The van der Waals surface area contributed by atoms with Crippen molar-refractivity contribution in [3.63, 3.8) is 0 Å². The zero-order chi connectivity index (χ0) is 27.4. The number of fused-ring (bicyclic) bond motifs is 1. The van der Waals surface area contributed by atoms with Gasteiger partial charge < -0.3 is 15.2 Å². The van der Waals surface area contributed by atoms with Crippen molar-refractivity contribution in [3.05, 3.63) is 92.1 Å². The van der Waals surface area contributed by atoms with Gasteiger partial charge in [0, 0.05) is 17.1 Å². The molecule has 8 nitrogen and oxygen atoms in total. The molecule has 0 fully saturated rings. The largest absolute Gasteiger partial charge is 0.335 e. The summed E-state index contributed by atoms with van der Waals surface area (Å²) >= 11 is 6.11. The van der Waals surface area contributed by atoms with Crippen LogP contribution in [0.3, 0.4) is 0 Å². The molecule has 0 saturated carbocycles. The van der Waals surface area contributed by atoms with Crippen LogP contribution in [0.1, 0.15) is 78.6 Å². The Kier molecular flexibility index (Phi) is 8.64. The highest BCUT2D eigenvalue weighted by molar-refractivity contribution is 6.30. The second-order valence-electron chi connectivity index (χ2n) is 9.82. The quantitative estimate of drug-likeness (QED) is 0.289. The summed E-state index contributed by atoms with van der Waals surface area (Å²) in [6.45, 7) is 8.98. The van der Waals surface area contributed by atoms with Crippen LogP contribution in [0, 0.1) is 6.92 Å². The first-order valence-electron chi connectivity index (χ1n) is 13.0. The van der Waals surface area contributed by atoms with Gasteiger partial charge in [-0.2, -0.15) is 4.98 Å². The molecule has 2 heterocycles. The van der Waals surface area contributed by atoms with Crippen LogP contribution in [0.4, 0.5) is 0 Å². The molecule has 4 rings (SSSR count). The molecule has 2 N–H and O–H groups in total. The normalized spacial score (nSPS) is 12.3. The molecule has 2 aromatic carbocycles. The number of aryl methyl sites for hydroxylation is 1. The van der Waals surface area contributed by atoms with Crippen LogP contribution in [0.25, 0.3) is 11.1 Å². The van der Waals surface area contributed by atoms with E-state index in [-0.39, 0.29) is 29.6 Å². The molecule has 0 aliphatic rings. The lowest BCUT2D eigenvalue weighted by Crippen LogP contribution is -2.40. The number of aromatic nitrogens is 3. The van der Waals surface area contributed by atoms with Crippen LogP contribution >= 0.6 is 11.6 Å². The molecule has 200 valence electrons. The molecule has 1 unspecified atom stereocenters. The summed E-state index contributed by atoms with van der Waals surface area (Å²) in [6, 6.07) is 14.3. The van der Waals surface area contributed by atoms with Crippen LogP contribution in [-0.4, -0.2) is 38.6 Å². The monoisotopic (exact) mass is 535 g/mol. The summed E-state index contributed by atoms with van der Waals surface area (Å²) in [6.07, 6.45) is 1.14. The number of nitrogens with zero attached hydrogens (tertiary/aromatic N) is 4. The molecular formula is C29H34ClN5O3. The predicted octanol–water partition coefficient (Wildman–Crippen LogP) is 5.46. The minimum Gasteiger partial charge on any atom is -0.335 e. The maximum Gasteiger partial charge on any atom is 0.267 e. The fourth-order valence-corrected chi connectivity index (χ4v) is 4.74. The maximum atomic E-state index is 14.0. The first-order valence-corrected chi connectivity index (χ1v) is 13.3. The smallest absolute Gasteiger partial charge is 0.267 e. The standard InChI is InChI=1S/C29H34ClN5O3/c1-5-23(34(16-6-15-31)28(36)21-11-7-19(4)8-12-21)26-32-27-24(25(18(2)3)33-38-27)29(37)35(26)17-20-9-13-22(30)14-10-20/h7-14,18,23H,5-6,15-17,31H2,1-4H3. The van der Waals surface area contributed by atoms with E-state index >= 15 is 0 Å². The summed E-state index contributed by atoms with van der Waals surface area (Å²) in [4.78, 5) is 34.4. The SMILES string of the molecule is CCC(c1nc2onc(C(C)C)c2c(=O)n1Cc1ccc(Cl)cc1)N(CCCN)C(=O)c1ccc(C)cc1. The van der Waals surface area contributed by atoms with Crippen molar-refractivity contribution in [1.82, 2.24) is 19.6 Å². The topological polar surface area (TPSA) is 107 Å². The Labute approximate surface area is 227 Å². The number of halogens is 1. The van der Waals surface area contributed by atoms with Crippen LogP contribution in [0.15, 0.2) is 57.8 Å². The van der Waals surface area contributed by atoms with Gasteiger partial charge in [-0.25, -0.2) is 0 Å². The van der Waals surface area contributed by atoms with Gasteiger partial charge in [0.25, 0.3) is 17.2 Å². The number of nitrogens with two attached hydrogens (primary N) is 1. The molecule has 1 atom stereocenters. The Morgan fingerprint density at radius 1 is 1.13 bits per heavy atom. The third kappa shape index (κ3) is 5.66. The van der Waals surface area contributed by atoms with Crippen molar-refractivity contribution in [1.29, 1.82) is 0 Å². The zero-order valence-corrected chi connectivity index (χ0v) is 23.0. The summed E-state index contributed by atoms with van der Waals surface area (Å²) in [5.74, 6) is 0.286. The molecule has 9 heteroatoms. The number of carbonyl (C=O) groups excluding carboxylic acids is 1. The van der Waals surface area contributed by atoms with E-state index in [9.17, 15) is 9.59 Å². The maximum absolute atomic E-state index is 14.0. The van der Waals surface area contributed by atoms with E-state index in [4.69, 9.17) is 26.8 Å². The predicted molar refractivity (Wildman–Crippen MR) is 150 cm³/mol. The third-order valence-electron chi connectivity index (χ3n) is 6.68. The highest BCUT2D eigenvalue weighted by Crippen LogP contribution is 2.28. The summed E-state index contributed by atoms with van der Waals surface area (Å²) in [7, 11) is 0. The van der Waals surface area contributed by atoms with E-state index in [1.54, 1.807) is 21.6 Å². The molecule has 0 bridgehead atoms. The third-order valence-corrected chi connectivity index (χ3v) is 6.93. The van der Waals surface area contributed by atoms with Gasteiger partial charge in [0.2, 0.25) is 0 Å². The Hall–Kier alpha value is -3.49. The lowest BCUT2D eigenvalue weighted by Gasteiger charge is -2.32. The van der Waals surface area contributed by atoms with Gasteiger partial charge in [-0.05, 0) is 62.1 Å². The second-order valence-corrected chi connectivity index (χ2v) is 10.3. The van der Waals surface area contributed by atoms with Crippen molar-refractivity contribution >= 4 is 28.6 Å². The van der Waals surface area contributed by atoms with Crippen molar-refractivity contribution < 1.29 is 9.32 Å². The van der Waals surface area contributed by atoms with Crippen LogP contribution in [0.2, 0.25) is 5.02 Å². The number of hydrogen-bond donors (Lipinski definition) is 1. The summed E-state index contributed by atoms with van der Waals surface area (Å²) in [5, 5.41) is 5.14. The van der Waals surface area contributed by atoms with Crippen molar-refractivity contribution in [2.24, 2.45) is 5.73 Å². The van der Waals surface area contributed by atoms with Gasteiger partial charge in [-0.3, -0.25) is 14.2 Å². The zero-order valence-electron chi connectivity index (χ0n) is 22.3. The number of carbonyl (C=O) groups is 1. The molecule has 4 aromatic rings. The Bertz CT molecular complexity index is 1460. The van der Waals surface area contributed by atoms with Crippen LogP contribution in [-0.2, 0) is 6.54 Å². The van der Waals surface area contributed by atoms with E-state index in [1.165, 1.54) is 0 Å². The van der Waals surface area contributed by atoms with Crippen LogP contribution < -0.4 is 11.3 Å². The van der Waals surface area contributed by atoms with E-state index < -0.39 is 6.04 Å². The highest BCUT2D eigenvalue weighted by Gasteiger charge is 2.31. The van der Waals surface area contributed by atoms with E-state index in [1.807, 2.05) is 64.1 Å². The van der Waals surface area contributed by atoms with E-state index in [0.29, 0.717) is 53.4 Å². The fourth-order valence-electron chi connectivity index (χ4n) is 4.61. The van der Waals surface area contributed by atoms with Crippen LogP contribution in [0.5, 0.6) is 0 Å². The average Bonchev–Trinajstić information content (AvgIpc) is 3.34. The van der Waals surface area contributed by atoms with Gasteiger partial charge in [-0.15, -0.1) is 0 Å². The molecule has 0 aliphatic carbocycles. The molecule has 0 aliphatic heterocycles. The lowest BCUT2D eigenvalue weighted by atomic mass is 10.1. The molecular weight excluding hydrogens is 502 g/mol. The molecule has 0 spiro atoms. The molecule has 1 amide bonds. The number of rotatable bonds is 10. The number of hydrogen-bond acceptors (Lipinski definition) is 6. The fraction of sp³-hybridized carbons (Fsp3) is 0.379. The minimum absolute atomic E-state index is 0.0216. The van der Waals surface area contributed by atoms with Gasteiger partial charge >= 0.3 is 0 Å². The molecule has 0 radical (unpaired) electrons.